The van der Waals surface area contributed by atoms with Crippen LogP contribution in [0.25, 0.3) is 5.20 Å². The lowest BCUT2D eigenvalue weighted by molar-refractivity contribution is -0.137. The van der Waals surface area contributed by atoms with E-state index in [1.807, 2.05) is 45.8 Å². The Morgan fingerprint density at radius 1 is 0.741 bits per heavy atom. The lowest BCUT2D eigenvalue weighted by Gasteiger charge is -2.48. The Hall–Kier alpha value is -0.542. The lowest BCUT2D eigenvalue weighted by Crippen LogP contribution is -2.65. The van der Waals surface area contributed by atoms with E-state index in [1.54, 1.807) is 0 Å². The van der Waals surface area contributed by atoms with Gasteiger partial charge in [-0.05, 0) is 68.7 Å². The van der Waals surface area contributed by atoms with E-state index in [1.165, 1.54) is 12.1 Å². The van der Waals surface area contributed by atoms with Crippen molar-refractivity contribution in [2.24, 2.45) is 0 Å². The van der Waals surface area contributed by atoms with E-state index in [9.17, 15) is 13.2 Å². The summed E-state index contributed by atoms with van der Waals surface area (Å²) < 4.78 is 64.0. The quantitative estimate of drug-likeness (QED) is 0.554. The van der Waals surface area contributed by atoms with E-state index in [-0.39, 0.29) is 0 Å². The summed E-state index contributed by atoms with van der Waals surface area (Å²) in [6, 6.07) is 4.93. The molecule has 27 heavy (non-hydrogen) atoms. The van der Waals surface area contributed by atoms with Crippen LogP contribution in [0, 0.1) is 0 Å². The van der Waals surface area contributed by atoms with Gasteiger partial charge < -0.3 is 16.5 Å². The van der Waals surface area contributed by atoms with Crippen LogP contribution in [0.15, 0.2) is 30.8 Å². The normalized spacial score (nSPS) is 23.9. The van der Waals surface area contributed by atoms with Gasteiger partial charge in [0, 0.05) is 0 Å². The Kier molecular flexibility index (Phi) is 5.94. The summed E-state index contributed by atoms with van der Waals surface area (Å²) in [5.74, 6) is 0. The van der Waals surface area contributed by atoms with Gasteiger partial charge in [0.15, 0.2) is 0 Å². The number of benzene rings is 1. The molecule has 0 unspecified atom stereocenters. The number of halogens is 3. The SMILES string of the molecule is C=C(c1ccc(C(F)(F)F)cc1)[Si]1(C)O[Si](C)(C)O[Si](C)(C)O[Si](C)(C)O1. The molecule has 1 fully saturated rings. The summed E-state index contributed by atoms with van der Waals surface area (Å²) in [6.07, 6.45) is -4.38. The van der Waals surface area contributed by atoms with Crippen molar-refractivity contribution in [2.45, 2.75) is 52.0 Å². The van der Waals surface area contributed by atoms with Crippen molar-refractivity contribution < 1.29 is 29.6 Å². The third kappa shape index (κ3) is 5.73. The lowest BCUT2D eigenvalue weighted by atomic mass is 10.1. The van der Waals surface area contributed by atoms with Gasteiger partial charge in [0.25, 0.3) is 0 Å². The molecule has 2 rings (SSSR count). The van der Waals surface area contributed by atoms with Crippen LogP contribution < -0.4 is 0 Å². The van der Waals surface area contributed by atoms with Gasteiger partial charge in [-0.25, -0.2) is 0 Å². The van der Waals surface area contributed by atoms with Crippen molar-refractivity contribution in [1.82, 2.24) is 0 Å². The Bertz CT molecular complexity index is 695. The van der Waals surface area contributed by atoms with Crippen molar-refractivity contribution in [3.63, 3.8) is 0 Å². The molecule has 0 saturated carbocycles. The maximum Gasteiger partial charge on any atom is 0.416 e. The van der Waals surface area contributed by atoms with Gasteiger partial charge in [-0.2, -0.15) is 13.2 Å². The molecule has 1 aromatic carbocycles. The molecular formula is C16H27F3O4Si4. The second-order valence-corrected chi connectivity index (χ2v) is 22.3. The molecule has 0 aromatic heterocycles. The first kappa shape index (κ1) is 22.7. The molecule has 1 heterocycles. The van der Waals surface area contributed by atoms with E-state index in [0.717, 1.165) is 12.1 Å². The van der Waals surface area contributed by atoms with Gasteiger partial charge in [-0.1, -0.05) is 18.7 Å². The minimum Gasteiger partial charge on any atom is -0.416 e. The molecule has 1 aliphatic heterocycles. The highest BCUT2D eigenvalue weighted by molar-refractivity contribution is 6.99. The number of hydrogen-bond acceptors (Lipinski definition) is 4. The molecule has 4 nitrogen and oxygen atoms in total. The van der Waals surface area contributed by atoms with Crippen molar-refractivity contribution in [3.8, 4) is 0 Å². The zero-order valence-corrected chi connectivity index (χ0v) is 20.8. The Morgan fingerprint density at radius 3 is 1.48 bits per heavy atom. The zero-order chi connectivity index (χ0) is 20.9. The third-order valence-electron chi connectivity index (χ3n) is 3.97. The monoisotopic (exact) mass is 452 g/mol. The molecular weight excluding hydrogens is 426 g/mol. The molecule has 1 aliphatic rings. The second kappa shape index (κ2) is 7.06. The van der Waals surface area contributed by atoms with Crippen molar-refractivity contribution >= 4 is 39.4 Å². The molecule has 152 valence electrons. The van der Waals surface area contributed by atoms with Gasteiger partial charge in [-0.3, -0.25) is 0 Å². The summed E-state index contributed by atoms with van der Waals surface area (Å²) in [4.78, 5) is 0. The standard InChI is InChI=1S/C16H27F3O4Si4/c1-13(14-9-11-15(12-10-14)16(17,18)19)27(8)22-25(4,5)20-24(2,3)21-26(6,7)23-27/h9-12H,1H2,2-8H3. The first-order valence-corrected chi connectivity index (χ1v) is 19.4. The van der Waals surface area contributed by atoms with E-state index in [2.05, 4.69) is 6.58 Å². The van der Waals surface area contributed by atoms with Crippen LogP contribution in [-0.2, 0) is 22.6 Å². The van der Waals surface area contributed by atoms with E-state index in [4.69, 9.17) is 16.5 Å². The molecule has 0 N–H and O–H groups in total. The van der Waals surface area contributed by atoms with E-state index in [0.29, 0.717) is 10.8 Å². The van der Waals surface area contributed by atoms with Crippen LogP contribution >= 0.6 is 0 Å². The Balaban J connectivity index is 2.39. The number of hydrogen-bond donors (Lipinski definition) is 0. The highest BCUT2D eigenvalue weighted by Crippen LogP contribution is 2.37. The smallest absolute Gasteiger partial charge is 0.416 e. The van der Waals surface area contributed by atoms with Gasteiger partial charge >= 0.3 is 40.4 Å². The van der Waals surface area contributed by atoms with Crippen LogP contribution in [-0.4, -0.2) is 34.2 Å². The average molecular weight is 453 g/mol. The average Bonchev–Trinajstić information content (AvgIpc) is 2.40. The molecule has 0 aliphatic carbocycles. The van der Waals surface area contributed by atoms with Gasteiger partial charge in [0.2, 0.25) is 0 Å². The van der Waals surface area contributed by atoms with Crippen LogP contribution in [0.2, 0.25) is 45.8 Å². The summed E-state index contributed by atoms with van der Waals surface area (Å²) in [5, 5.41) is 0.575. The minimum atomic E-state index is -4.38. The third-order valence-corrected chi connectivity index (χ3v) is 20.3. The predicted molar refractivity (Wildman–Crippen MR) is 109 cm³/mol. The van der Waals surface area contributed by atoms with Crippen LogP contribution in [0.5, 0.6) is 0 Å². The minimum absolute atomic E-state index is 0.573. The molecule has 0 spiro atoms. The molecule has 0 radical (unpaired) electrons. The second-order valence-electron chi connectivity index (χ2n) is 8.11. The summed E-state index contributed by atoms with van der Waals surface area (Å²) in [6.45, 7) is 17.7. The molecule has 1 saturated heterocycles. The maximum atomic E-state index is 12.8. The van der Waals surface area contributed by atoms with Crippen LogP contribution in [0.1, 0.15) is 11.1 Å². The molecule has 0 bridgehead atoms. The summed E-state index contributed by atoms with van der Waals surface area (Å²) in [7, 11) is -10.6. The van der Waals surface area contributed by atoms with E-state index >= 15 is 0 Å². The zero-order valence-electron chi connectivity index (χ0n) is 16.8. The summed E-state index contributed by atoms with van der Waals surface area (Å²) in [5.41, 5.74) is -0.127. The Morgan fingerprint density at radius 2 is 1.11 bits per heavy atom. The Labute approximate surface area is 163 Å². The molecule has 0 amide bonds. The fourth-order valence-corrected chi connectivity index (χ4v) is 24.3. The molecule has 0 atom stereocenters. The number of rotatable bonds is 2. The van der Waals surface area contributed by atoms with Gasteiger partial charge in [-0.15, -0.1) is 0 Å². The topological polar surface area (TPSA) is 36.9 Å². The predicted octanol–water partition coefficient (Wildman–Crippen LogP) is 5.52. The maximum absolute atomic E-state index is 12.8. The van der Waals surface area contributed by atoms with Crippen LogP contribution in [0.4, 0.5) is 13.2 Å². The van der Waals surface area contributed by atoms with Crippen molar-refractivity contribution in [1.29, 1.82) is 0 Å². The number of alkyl halides is 3. The largest absolute Gasteiger partial charge is 0.416 e. The molecule has 1 aromatic rings. The van der Waals surface area contributed by atoms with Gasteiger partial charge in [0.1, 0.15) is 0 Å². The molecule has 11 heteroatoms. The highest BCUT2D eigenvalue weighted by Gasteiger charge is 2.53. The van der Waals surface area contributed by atoms with Crippen molar-refractivity contribution in [3.05, 3.63) is 42.0 Å². The fourth-order valence-electron chi connectivity index (χ4n) is 3.45. The van der Waals surface area contributed by atoms with Crippen LogP contribution in [0.3, 0.4) is 0 Å². The van der Waals surface area contributed by atoms with Gasteiger partial charge in [0.05, 0.1) is 5.56 Å². The van der Waals surface area contributed by atoms with Crippen molar-refractivity contribution in [2.75, 3.05) is 0 Å². The first-order valence-electron chi connectivity index (χ1n) is 8.62. The highest BCUT2D eigenvalue weighted by atomic mass is 28.5. The first-order chi connectivity index (χ1) is 11.9. The summed E-state index contributed by atoms with van der Waals surface area (Å²) >= 11 is 0. The van der Waals surface area contributed by atoms with E-state index < -0.39 is 46.0 Å². The fraction of sp³-hybridized carbons (Fsp3) is 0.500.